The van der Waals surface area contributed by atoms with E-state index in [0.29, 0.717) is 6.54 Å². The van der Waals surface area contributed by atoms with Gasteiger partial charge in [0.25, 0.3) is 0 Å². The van der Waals surface area contributed by atoms with Gasteiger partial charge in [0, 0.05) is 6.54 Å². The molecular weight excluding hydrogens is 86.1 g/mol. The second-order valence-electron chi connectivity index (χ2n) is 1.19. The molecule has 0 radical (unpaired) electrons. The maximum Gasteiger partial charge on any atom is 0.0109 e. The van der Waals surface area contributed by atoms with E-state index in [4.69, 9.17) is 5.73 Å². The fourth-order valence-corrected chi connectivity index (χ4v) is 0.268. The van der Waals surface area contributed by atoms with Gasteiger partial charge in [-0.15, -0.1) is 0 Å². The minimum Gasteiger partial charge on any atom is -0.327 e. The molecule has 0 amide bonds. The minimum absolute atomic E-state index is 0.629. The maximum atomic E-state index is 5.15. The van der Waals surface area contributed by atoms with Crippen LogP contribution in [0, 0.1) is 0 Å². The molecule has 40 valence electrons. The van der Waals surface area contributed by atoms with Crippen molar-refractivity contribution in [3.63, 3.8) is 0 Å². The minimum atomic E-state index is 0.629. The molecule has 0 saturated heterocycles. The van der Waals surface area contributed by atoms with Crippen LogP contribution in [0.1, 0.15) is 6.92 Å². The van der Waals surface area contributed by atoms with Crippen LogP contribution in [-0.4, -0.2) is 6.54 Å². The van der Waals surface area contributed by atoms with E-state index in [0.717, 1.165) is 0 Å². The molecule has 2 N–H and O–H groups in total. The molecule has 0 aromatic rings. The largest absolute Gasteiger partial charge is 0.327 e. The first-order chi connectivity index (χ1) is 3.41. The van der Waals surface area contributed by atoms with Crippen LogP contribution in [0.2, 0.25) is 0 Å². The van der Waals surface area contributed by atoms with Crippen molar-refractivity contribution in [3.8, 4) is 0 Å². The zero-order valence-electron chi connectivity index (χ0n) is 4.59. The van der Waals surface area contributed by atoms with Gasteiger partial charge in [-0.05, 0) is 6.92 Å². The van der Waals surface area contributed by atoms with E-state index in [1.54, 1.807) is 0 Å². The van der Waals surface area contributed by atoms with Crippen molar-refractivity contribution in [1.29, 1.82) is 0 Å². The summed E-state index contributed by atoms with van der Waals surface area (Å²) in [6, 6.07) is 0. The fourth-order valence-electron chi connectivity index (χ4n) is 0.268. The third-order valence-corrected chi connectivity index (χ3v) is 0.576. The molecule has 0 aliphatic rings. The summed E-state index contributed by atoms with van der Waals surface area (Å²) < 4.78 is 0. The van der Waals surface area contributed by atoms with Gasteiger partial charge >= 0.3 is 0 Å². The molecule has 0 bridgehead atoms. The van der Waals surface area contributed by atoms with Crippen LogP contribution < -0.4 is 5.73 Å². The summed E-state index contributed by atoms with van der Waals surface area (Å²) >= 11 is 0. The van der Waals surface area contributed by atoms with Crippen molar-refractivity contribution in [2.75, 3.05) is 6.54 Å². The summed E-state index contributed by atoms with van der Waals surface area (Å²) in [6.45, 7) is 2.60. The number of hydrogen-bond donors (Lipinski definition) is 1. The van der Waals surface area contributed by atoms with Gasteiger partial charge in [0.2, 0.25) is 0 Å². The van der Waals surface area contributed by atoms with Gasteiger partial charge in [-0.3, -0.25) is 0 Å². The zero-order chi connectivity index (χ0) is 5.54. The Kier molecular flexibility index (Phi) is 5.00. The first-order valence-corrected chi connectivity index (χ1v) is 2.39. The summed E-state index contributed by atoms with van der Waals surface area (Å²) in [7, 11) is 0. The highest BCUT2D eigenvalue weighted by molar-refractivity contribution is 5.01. The van der Waals surface area contributed by atoms with E-state index in [1.807, 2.05) is 31.2 Å². The number of allylic oxidation sites excluding steroid dienone is 3. The Labute approximate surface area is 44.5 Å². The molecule has 0 spiro atoms. The topological polar surface area (TPSA) is 26.0 Å². The quantitative estimate of drug-likeness (QED) is 0.512. The Balaban J connectivity index is 3.09. The lowest BCUT2D eigenvalue weighted by molar-refractivity contribution is 1.25. The smallest absolute Gasteiger partial charge is 0.0109 e. The molecule has 0 aliphatic heterocycles. The lowest BCUT2D eigenvalue weighted by Crippen LogP contribution is -1.91. The molecule has 0 aromatic carbocycles. The number of rotatable bonds is 2. The summed E-state index contributed by atoms with van der Waals surface area (Å²) in [4.78, 5) is 0. The van der Waals surface area contributed by atoms with E-state index in [9.17, 15) is 0 Å². The summed E-state index contributed by atoms with van der Waals surface area (Å²) in [5.74, 6) is 0. The Morgan fingerprint density at radius 3 is 2.57 bits per heavy atom. The second kappa shape index (κ2) is 5.44. The van der Waals surface area contributed by atoms with E-state index in [1.165, 1.54) is 0 Å². The lowest BCUT2D eigenvalue weighted by Gasteiger charge is -1.71. The zero-order valence-corrected chi connectivity index (χ0v) is 4.59. The predicted octanol–water partition coefficient (Wildman–Crippen LogP) is 1.08. The Morgan fingerprint density at radius 1 is 1.43 bits per heavy atom. The Hall–Kier alpha value is -0.560. The molecule has 0 aromatic heterocycles. The van der Waals surface area contributed by atoms with Crippen molar-refractivity contribution in [2.24, 2.45) is 5.73 Å². The summed E-state index contributed by atoms with van der Waals surface area (Å²) in [5, 5.41) is 0. The van der Waals surface area contributed by atoms with E-state index < -0.39 is 0 Å². The van der Waals surface area contributed by atoms with Gasteiger partial charge in [0.05, 0.1) is 0 Å². The third-order valence-electron chi connectivity index (χ3n) is 0.576. The molecule has 7 heavy (non-hydrogen) atoms. The molecule has 0 unspecified atom stereocenters. The summed E-state index contributed by atoms with van der Waals surface area (Å²) in [5.41, 5.74) is 5.15. The van der Waals surface area contributed by atoms with Crippen LogP contribution in [0.5, 0.6) is 0 Å². The van der Waals surface area contributed by atoms with Crippen molar-refractivity contribution in [1.82, 2.24) is 0 Å². The van der Waals surface area contributed by atoms with E-state index in [2.05, 4.69) is 0 Å². The van der Waals surface area contributed by atoms with Gasteiger partial charge in [0.1, 0.15) is 0 Å². The molecule has 1 heteroatoms. The van der Waals surface area contributed by atoms with Crippen molar-refractivity contribution < 1.29 is 0 Å². The standard InChI is InChI=1S/C6H11N/c1-2-3-4-5-6-7/h2-5H,6-7H2,1H3/b3-2-,5-4-. The van der Waals surface area contributed by atoms with Crippen molar-refractivity contribution in [2.45, 2.75) is 6.92 Å². The van der Waals surface area contributed by atoms with Crippen molar-refractivity contribution >= 4 is 0 Å². The van der Waals surface area contributed by atoms with Crippen LogP contribution in [0.25, 0.3) is 0 Å². The van der Waals surface area contributed by atoms with Gasteiger partial charge in [0.15, 0.2) is 0 Å². The Morgan fingerprint density at radius 2 is 2.14 bits per heavy atom. The number of hydrogen-bond acceptors (Lipinski definition) is 1. The maximum absolute atomic E-state index is 5.15. The monoisotopic (exact) mass is 97.1 g/mol. The SMILES string of the molecule is C/C=C\C=C/CN. The average Bonchev–Trinajstić information content (AvgIpc) is 1.69. The van der Waals surface area contributed by atoms with Crippen LogP contribution in [0.15, 0.2) is 24.3 Å². The highest BCUT2D eigenvalue weighted by Crippen LogP contribution is 1.71. The van der Waals surface area contributed by atoms with Crippen LogP contribution in [0.4, 0.5) is 0 Å². The van der Waals surface area contributed by atoms with Crippen LogP contribution in [0.3, 0.4) is 0 Å². The molecule has 0 aliphatic carbocycles. The fraction of sp³-hybridized carbons (Fsp3) is 0.333. The lowest BCUT2D eigenvalue weighted by atomic mass is 10.4. The van der Waals surface area contributed by atoms with Gasteiger partial charge in [-0.25, -0.2) is 0 Å². The molecule has 0 atom stereocenters. The van der Waals surface area contributed by atoms with Crippen molar-refractivity contribution in [3.05, 3.63) is 24.3 Å². The second-order valence-corrected chi connectivity index (χ2v) is 1.19. The molecule has 0 rings (SSSR count). The third kappa shape index (κ3) is 5.44. The predicted molar refractivity (Wildman–Crippen MR) is 33.0 cm³/mol. The Bertz CT molecular complexity index is 72.2. The first kappa shape index (κ1) is 6.44. The molecule has 0 heterocycles. The number of nitrogens with two attached hydrogens (primary N) is 1. The van der Waals surface area contributed by atoms with E-state index >= 15 is 0 Å². The first-order valence-electron chi connectivity index (χ1n) is 2.39. The van der Waals surface area contributed by atoms with Crippen LogP contribution in [-0.2, 0) is 0 Å². The highest BCUT2D eigenvalue weighted by atomic mass is 14.5. The highest BCUT2D eigenvalue weighted by Gasteiger charge is 1.57. The molecule has 0 saturated carbocycles. The molecular formula is C6H11N. The molecule has 1 nitrogen and oxygen atoms in total. The summed E-state index contributed by atoms with van der Waals surface area (Å²) in [6.07, 6.45) is 7.75. The molecule has 0 fully saturated rings. The van der Waals surface area contributed by atoms with Crippen LogP contribution >= 0.6 is 0 Å². The van der Waals surface area contributed by atoms with Gasteiger partial charge in [-0.2, -0.15) is 0 Å². The van der Waals surface area contributed by atoms with Gasteiger partial charge in [-0.1, -0.05) is 24.3 Å². The van der Waals surface area contributed by atoms with Gasteiger partial charge < -0.3 is 5.73 Å². The average molecular weight is 97.2 g/mol. The van der Waals surface area contributed by atoms with E-state index in [-0.39, 0.29) is 0 Å². The normalized spacial score (nSPS) is 11.7.